The van der Waals surface area contributed by atoms with Crippen LogP contribution < -0.4 is 0 Å². The Hall–Kier alpha value is -1.05. The van der Waals surface area contributed by atoms with E-state index >= 15 is 0 Å². The molecule has 2 heteroatoms. The van der Waals surface area contributed by atoms with E-state index in [0.29, 0.717) is 0 Å². The third-order valence-corrected chi connectivity index (χ3v) is 2.52. The summed E-state index contributed by atoms with van der Waals surface area (Å²) in [5.41, 5.74) is 4.73. The second kappa shape index (κ2) is 3.77. The van der Waals surface area contributed by atoms with Gasteiger partial charge in [0.2, 0.25) is 0 Å². The smallest absolute Gasteiger partial charge is 0.0908 e. The van der Waals surface area contributed by atoms with Gasteiger partial charge in [-0.3, -0.25) is 4.68 Å². The summed E-state index contributed by atoms with van der Waals surface area (Å²) in [6.45, 7) is 10.4. The van der Waals surface area contributed by atoms with Gasteiger partial charge < -0.3 is 0 Å². The molecule has 72 valence electrons. The average molecular weight is 178 g/mol. The second-order valence-electron chi connectivity index (χ2n) is 3.54. The Balaban J connectivity index is 3.01. The molecule has 0 aromatic carbocycles. The predicted molar refractivity (Wildman–Crippen MR) is 56.6 cm³/mol. The van der Waals surface area contributed by atoms with Crippen molar-refractivity contribution in [2.75, 3.05) is 0 Å². The fourth-order valence-electron chi connectivity index (χ4n) is 1.47. The van der Waals surface area contributed by atoms with E-state index in [9.17, 15) is 0 Å². The van der Waals surface area contributed by atoms with Crippen LogP contribution in [-0.4, -0.2) is 9.78 Å². The molecule has 1 heterocycles. The largest absolute Gasteiger partial charge is 0.272 e. The maximum absolute atomic E-state index is 4.45. The predicted octanol–water partition coefficient (Wildman–Crippen LogP) is 2.85. The van der Waals surface area contributed by atoms with Gasteiger partial charge in [-0.2, -0.15) is 5.10 Å². The van der Waals surface area contributed by atoms with Crippen molar-refractivity contribution in [3.63, 3.8) is 0 Å². The van der Waals surface area contributed by atoms with Crippen LogP contribution in [0.1, 0.15) is 36.7 Å². The van der Waals surface area contributed by atoms with E-state index < -0.39 is 0 Å². The van der Waals surface area contributed by atoms with Gasteiger partial charge in [0.25, 0.3) is 0 Å². The first-order valence-corrected chi connectivity index (χ1v) is 4.76. The van der Waals surface area contributed by atoms with Gasteiger partial charge in [-0.1, -0.05) is 19.9 Å². The molecule has 0 amide bonds. The highest BCUT2D eigenvalue weighted by Gasteiger charge is 2.10. The monoisotopic (exact) mass is 178 g/mol. The molecular formula is C11H18N2. The maximum atomic E-state index is 4.45. The molecule has 0 atom stereocenters. The third-order valence-electron chi connectivity index (χ3n) is 2.52. The van der Waals surface area contributed by atoms with Crippen molar-refractivity contribution < 1.29 is 0 Å². The Morgan fingerprint density at radius 3 is 2.46 bits per heavy atom. The molecule has 0 aliphatic rings. The van der Waals surface area contributed by atoms with Crippen LogP contribution >= 0.6 is 0 Å². The maximum Gasteiger partial charge on any atom is 0.0908 e. The highest BCUT2D eigenvalue weighted by atomic mass is 15.3. The Labute approximate surface area is 80.3 Å². The molecule has 0 aliphatic carbocycles. The van der Waals surface area contributed by atoms with Gasteiger partial charge in [-0.25, -0.2) is 0 Å². The van der Waals surface area contributed by atoms with Gasteiger partial charge in [0.15, 0.2) is 0 Å². The van der Waals surface area contributed by atoms with Crippen molar-refractivity contribution in [1.29, 1.82) is 0 Å². The van der Waals surface area contributed by atoms with Crippen molar-refractivity contribution in [1.82, 2.24) is 9.78 Å². The average Bonchev–Trinajstić information content (AvgIpc) is 2.33. The van der Waals surface area contributed by atoms with E-state index in [1.807, 2.05) is 11.7 Å². The van der Waals surface area contributed by atoms with Crippen LogP contribution in [0.3, 0.4) is 0 Å². The number of nitrogens with zero attached hydrogens (tertiary/aromatic N) is 2. The molecule has 1 rings (SSSR count). The van der Waals surface area contributed by atoms with E-state index in [-0.39, 0.29) is 0 Å². The minimum Gasteiger partial charge on any atom is -0.272 e. The van der Waals surface area contributed by atoms with Gasteiger partial charge in [-0.05, 0) is 31.4 Å². The van der Waals surface area contributed by atoms with E-state index in [1.165, 1.54) is 11.3 Å². The van der Waals surface area contributed by atoms with Crippen LogP contribution in [0.2, 0.25) is 0 Å². The first-order chi connectivity index (χ1) is 6.07. The fraction of sp³-hybridized carbons (Fsp3) is 0.545. The molecule has 0 aliphatic heterocycles. The van der Waals surface area contributed by atoms with Crippen LogP contribution in [0.15, 0.2) is 6.58 Å². The van der Waals surface area contributed by atoms with E-state index in [2.05, 4.69) is 32.4 Å². The minimum atomic E-state index is 1.04. The zero-order chi connectivity index (χ0) is 10.0. The number of aryl methyl sites for hydroxylation is 1. The highest BCUT2D eigenvalue weighted by molar-refractivity contribution is 5.63. The van der Waals surface area contributed by atoms with Crippen LogP contribution in [-0.2, 0) is 7.05 Å². The van der Waals surface area contributed by atoms with Crippen LogP contribution in [0.5, 0.6) is 0 Å². The fourth-order valence-corrected chi connectivity index (χ4v) is 1.47. The van der Waals surface area contributed by atoms with E-state index in [0.717, 1.165) is 24.1 Å². The van der Waals surface area contributed by atoms with Gasteiger partial charge in [0.1, 0.15) is 0 Å². The van der Waals surface area contributed by atoms with E-state index in [1.54, 1.807) is 0 Å². The van der Waals surface area contributed by atoms with Gasteiger partial charge in [0.05, 0.1) is 5.69 Å². The van der Waals surface area contributed by atoms with Gasteiger partial charge in [0, 0.05) is 12.7 Å². The second-order valence-corrected chi connectivity index (χ2v) is 3.54. The summed E-state index contributed by atoms with van der Waals surface area (Å²) < 4.78 is 1.92. The lowest BCUT2D eigenvalue weighted by atomic mass is 10.1. The summed E-state index contributed by atoms with van der Waals surface area (Å²) >= 11 is 0. The molecule has 0 spiro atoms. The number of hydrogen-bond donors (Lipinski definition) is 0. The molecule has 0 fully saturated rings. The molecular weight excluding hydrogens is 160 g/mol. The zero-order valence-electron chi connectivity index (χ0n) is 9.02. The van der Waals surface area contributed by atoms with Gasteiger partial charge in [-0.15, -0.1) is 0 Å². The van der Waals surface area contributed by atoms with Crippen molar-refractivity contribution in [3.05, 3.63) is 23.5 Å². The molecule has 0 radical (unpaired) electrons. The molecule has 2 nitrogen and oxygen atoms in total. The van der Waals surface area contributed by atoms with Gasteiger partial charge >= 0.3 is 0 Å². The van der Waals surface area contributed by atoms with Crippen LogP contribution in [0.4, 0.5) is 0 Å². The summed E-state index contributed by atoms with van der Waals surface area (Å²) in [7, 11) is 1.98. The SMILES string of the molecule is C=C(CCC)c1nn(C)c(C)c1C. The van der Waals surface area contributed by atoms with Crippen LogP contribution in [0, 0.1) is 13.8 Å². The molecule has 0 N–H and O–H groups in total. The zero-order valence-corrected chi connectivity index (χ0v) is 9.02. The van der Waals surface area contributed by atoms with Crippen molar-refractivity contribution in [3.8, 4) is 0 Å². The number of hydrogen-bond acceptors (Lipinski definition) is 1. The Kier molecular flexibility index (Phi) is 2.91. The summed E-state index contributed by atoms with van der Waals surface area (Å²) in [5.74, 6) is 0. The molecule has 1 aromatic heterocycles. The molecule has 0 unspecified atom stereocenters. The number of allylic oxidation sites excluding steroid dienone is 1. The lowest BCUT2D eigenvalue weighted by Crippen LogP contribution is -1.93. The topological polar surface area (TPSA) is 17.8 Å². The molecule has 1 aromatic rings. The summed E-state index contributed by atoms with van der Waals surface area (Å²) in [5, 5.41) is 4.45. The number of rotatable bonds is 3. The Bertz CT molecular complexity index is 321. The van der Waals surface area contributed by atoms with Crippen molar-refractivity contribution in [2.24, 2.45) is 7.05 Å². The third kappa shape index (κ3) is 1.82. The molecule has 0 bridgehead atoms. The van der Waals surface area contributed by atoms with E-state index in [4.69, 9.17) is 0 Å². The molecule has 0 saturated heterocycles. The minimum absolute atomic E-state index is 1.04. The van der Waals surface area contributed by atoms with Crippen LogP contribution in [0.25, 0.3) is 5.57 Å². The first kappa shape index (κ1) is 10.0. The highest BCUT2D eigenvalue weighted by Crippen LogP contribution is 2.21. The standard InChI is InChI=1S/C11H18N2/c1-6-7-8(2)11-9(3)10(4)13(5)12-11/h2,6-7H2,1,3-5H3. The van der Waals surface area contributed by atoms with Crippen molar-refractivity contribution in [2.45, 2.75) is 33.6 Å². The Morgan fingerprint density at radius 1 is 1.46 bits per heavy atom. The van der Waals surface area contributed by atoms with Crippen molar-refractivity contribution >= 4 is 5.57 Å². The normalized spacial score (nSPS) is 10.5. The quantitative estimate of drug-likeness (QED) is 0.696. The lowest BCUT2D eigenvalue weighted by molar-refractivity contribution is 0.734. The molecule has 13 heavy (non-hydrogen) atoms. The molecule has 0 saturated carbocycles. The first-order valence-electron chi connectivity index (χ1n) is 4.76. The number of aromatic nitrogens is 2. The summed E-state index contributed by atoms with van der Waals surface area (Å²) in [6, 6.07) is 0. The Morgan fingerprint density at radius 2 is 2.08 bits per heavy atom. The summed E-state index contributed by atoms with van der Waals surface area (Å²) in [6.07, 6.45) is 2.17. The lowest BCUT2D eigenvalue weighted by Gasteiger charge is -2.00. The summed E-state index contributed by atoms with van der Waals surface area (Å²) in [4.78, 5) is 0.